The summed E-state index contributed by atoms with van der Waals surface area (Å²) in [6, 6.07) is 9.90. The number of carbonyl (C=O) groups excluding carboxylic acids is 1. The number of pyridine rings is 2. The van der Waals surface area contributed by atoms with Crippen molar-refractivity contribution in [3.8, 4) is 6.07 Å². The lowest BCUT2D eigenvalue weighted by atomic mass is 10.0. The number of anilines is 1. The van der Waals surface area contributed by atoms with Crippen molar-refractivity contribution in [2.24, 2.45) is 7.05 Å². The van der Waals surface area contributed by atoms with E-state index in [1.54, 1.807) is 25.2 Å². The van der Waals surface area contributed by atoms with Crippen LogP contribution in [0.3, 0.4) is 0 Å². The molecule has 0 spiro atoms. The van der Waals surface area contributed by atoms with Crippen molar-refractivity contribution in [2.75, 3.05) is 5.32 Å². The van der Waals surface area contributed by atoms with Gasteiger partial charge in [-0.25, -0.2) is 13.8 Å². The minimum absolute atomic E-state index is 0.226. The summed E-state index contributed by atoms with van der Waals surface area (Å²) in [4.78, 5) is 27.7. The van der Waals surface area contributed by atoms with E-state index in [1.807, 2.05) is 0 Å². The van der Waals surface area contributed by atoms with Crippen molar-refractivity contribution < 1.29 is 13.6 Å². The highest BCUT2D eigenvalue weighted by Crippen LogP contribution is 2.18. The molecule has 2 heterocycles. The van der Waals surface area contributed by atoms with Gasteiger partial charge in [0.05, 0.1) is 11.1 Å². The molecule has 3 rings (SSSR count). The molecule has 1 amide bonds. The normalized spacial score (nSPS) is 10.4. The van der Waals surface area contributed by atoms with Gasteiger partial charge in [-0.05, 0) is 41.8 Å². The molecular weight excluding hydrogens is 366 g/mol. The summed E-state index contributed by atoms with van der Waals surface area (Å²) in [6.45, 7) is 0. The van der Waals surface area contributed by atoms with Gasteiger partial charge >= 0.3 is 0 Å². The lowest BCUT2D eigenvalue weighted by Crippen LogP contribution is -2.19. The average Bonchev–Trinajstić information content (AvgIpc) is 2.68. The number of aryl methyl sites for hydroxylation is 1. The third-order valence-corrected chi connectivity index (χ3v) is 4.03. The van der Waals surface area contributed by atoms with Gasteiger partial charge in [-0.3, -0.25) is 9.59 Å². The highest BCUT2D eigenvalue weighted by atomic mass is 19.2. The molecule has 8 heteroatoms. The number of nitrogens with zero attached hydrogens (tertiary/aromatic N) is 3. The van der Waals surface area contributed by atoms with Crippen molar-refractivity contribution in [1.29, 1.82) is 5.26 Å². The first kappa shape index (κ1) is 18.9. The summed E-state index contributed by atoms with van der Waals surface area (Å²) in [5.74, 6) is -2.37. The van der Waals surface area contributed by atoms with Gasteiger partial charge in [-0.2, -0.15) is 5.26 Å². The summed E-state index contributed by atoms with van der Waals surface area (Å²) >= 11 is 0. The van der Waals surface area contributed by atoms with Crippen LogP contribution in [0.5, 0.6) is 0 Å². The van der Waals surface area contributed by atoms with E-state index in [4.69, 9.17) is 5.26 Å². The molecule has 1 N–H and O–H groups in total. The summed E-state index contributed by atoms with van der Waals surface area (Å²) < 4.78 is 28.2. The Morgan fingerprint density at radius 1 is 1.21 bits per heavy atom. The third-order valence-electron chi connectivity index (χ3n) is 4.03. The van der Waals surface area contributed by atoms with Gasteiger partial charge in [0.25, 0.3) is 5.91 Å². The van der Waals surface area contributed by atoms with Crippen molar-refractivity contribution >= 4 is 11.7 Å². The number of benzene rings is 1. The Bertz CT molecular complexity index is 1150. The van der Waals surface area contributed by atoms with Gasteiger partial charge < -0.3 is 9.88 Å². The van der Waals surface area contributed by atoms with Crippen LogP contribution in [0.1, 0.15) is 27.0 Å². The first-order valence-corrected chi connectivity index (χ1v) is 8.18. The monoisotopic (exact) mass is 380 g/mol. The minimum atomic E-state index is -1.17. The fourth-order valence-corrected chi connectivity index (χ4v) is 2.58. The Labute approximate surface area is 158 Å². The van der Waals surface area contributed by atoms with Crippen LogP contribution in [-0.2, 0) is 13.5 Å². The maximum atomic E-state index is 13.5. The van der Waals surface area contributed by atoms with Gasteiger partial charge in [0, 0.05) is 25.5 Å². The smallest absolute Gasteiger partial charge is 0.258 e. The lowest BCUT2D eigenvalue weighted by Gasteiger charge is -2.07. The molecule has 0 saturated carbocycles. The average molecular weight is 380 g/mol. The highest BCUT2D eigenvalue weighted by Gasteiger charge is 2.12. The fourth-order valence-electron chi connectivity index (χ4n) is 2.58. The van der Waals surface area contributed by atoms with Crippen LogP contribution in [0.25, 0.3) is 0 Å². The molecule has 3 aromatic rings. The maximum absolute atomic E-state index is 13.5. The molecule has 6 nitrogen and oxygen atoms in total. The number of nitrogens with one attached hydrogen (secondary N) is 1. The fraction of sp³-hybridized carbons (Fsp3) is 0.100. The molecule has 140 valence electrons. The minimum Gasteiger partial charge on any atom is -0.318 e. The van der Waals surface area contributed by atoms with E-state index in [2.05, 4.69) is 10.3 Å². The van der Waals surface area contributed by atoms with Crippen LogP contribution in [0.2, 0.25) is 0 Å². The van der Waals surface area contributed by atoms with Crippen LogP contribution < -0.4 is 10.9 Å². The second-order valence-corrected chi connectivity index (χ2v) is 6.10. The molecule has 0 fully saturated rings. The lowest BCUT2D eigenvalue weighted by molar-refractivity contribution is 0.102. The van der Waals surface area contributed by atoms with Gasteiger partial charge in [0.15, 0.2) is 11.6 Å². The summed E-state index contributed by atoms with van der Waals surface area (Å²) in [6.07, 6.45) is 3.15. The van der Waals surface area contributed by atoms with Crippen molar-refractivity contribution in [1.82, 2.24) is 9.55 Å². The second-order valence-electron chi connectivity index (χ2n) is 6.10. The van der Waals surface area contributed by atoms with E-state index in [0.29, 0.717) is 22.5 Å². The van der Waals surface area contributed by atoms with E-state index >= 15 is 0 Å². The molecule has 0 atom stereocenters. The molecule has 1 aromatic carbocycles. The maximum Gasteiger partial charge on any atom is 0.258 e. The van der Waals surface area contributed by atoms with Crippen LogP contribution >= 0.6 is 0 Å². The Morgan fingerprint density at radius 2 is 2.00 bits per heavy atom. The molecule has 2 aromatic heterocycles. The molecule has 28 heavy (non-hydrogen) atoms. The predicted molar refractivity (Wildman–Crippen MR) is 97.8 cm³/mol. The topological polar surface area (TPSA) is 87.8 Å². The van der Waals surface area contributed by atoms with Crippen LogP contribution in [0.15, 0.2) is 53.6 Å². The van der Waals surface area contributed by atoms with Gasteiger partial charge in [-0.15, -0.1) is 0 Å². The van der Waals surface area contributed by atoms with E-state index in [1.165, 1.54) is 35.2 Å². The van der Waals surface area contributed by atoms with Gasteiger partial charge in [0.1, 0.15) is 11.9 Å². The van der Waals surface area contributed by atoms with Gasteiger partial charge in [0.2, 0.25) is 5.56 Å². The SMILES string of the molecule is Cn1cc(C(=O)Nc2ccc(Cc3cc(F)c(F)c(C#N)c3)cn2)ccc1=O. The highest BCUT2D eigenvalue weighted by molar-refractivity contribution is 6.03. The third kappa shape index (κ3) is 4.10. The van der Waals surface area contributed by atoms with Crippen molar-refractivity contribution in [3.63, 3.8) is 0 Å². The Hall–Kier alpha value is -3.86. The number of halogens is 2. The van der Waals surface area contributed by atoms with Crippen LogP contribution in [0, 0.1) is 23.0 Å². The number of nitriles is 1. The van der Waals surface area contributed by atoms with E-state index < -0.39 is 17.5 Å². The number of carbonyl (C=O) groups is 1. The summed E-state index contributed by atoms with van der Waals surface area (Å²) in [7, 11) is 1.54. The largest absolute Gasteiger partial charge is 0.318 e. The van der Waals surface area contributed by atoms with E-state index in [0.717, 1.165) is 6.07 Å². The second kappa shape index (κ2) is 7.80. The first-order chi connectivity index (χ1) is 13.4. The molecule has 0 aliphatic heterocycles. The van der Waals surface area contributed by atoms with Crippen molar-refractivity contribution in [2.45, 2.75) is 6.42 Å². The molecule has 0 radical (unpaired) electrons. The number of aromatic nitrogens is 2. The Kier molecular flexibility index (Phi) is 5.27. The van der Waals surface area contributed by atoms with E-state index in [9.17, 15) is 18.4 Å². The van der Waals surface area contributed by atoms with Crippen LogP contribution in [-0.4, -0.2) is 15.5 Å². The van der Waals surface area contributed by atoms with Crippen molar-refractivity contribution in [3.05, 3.63) is 93.0 Å². The standard InChI is InChI=1S/C20H14F2N4O2/c1-26-11-14(3-5-18(26)27)20(28)25-17-4-2-12(10-24-17)6-13-7-15(9-23)19(22)16(21)8-13/h2-5,7-8,10-11H,6H2,1H3,(H,24,25,28). The zero-order valence-electron chi connectivity index (χ0n) is 14.7. The molecule has 0 unspecified atom stereocenters. The molecule has 0 aliphatic rings. The van der Waals surface area contributed by atoms with E-state index in [-0.39, 0.29) is 17.5 Å². The zero-order chi connectivity index (χ0) is 20.3. The number of amides is 1. The number of hydrogen-bond donors (Lipinski definition) is 1. The Morgan fingerprint density at radius 3 is 2.64 bits per heavy atom. The summed E-state index contributed by atoms with van der Waals surface area (Å²) in [5.41, 5.74) is 0.841. The first-order valence-electron chi connectivity index (χ1n) is 8.18. The number of rotatable bonds is 4. The number of hydrogen-bond acceptors (Lipinski definition) is 4. The molecule has 0 aliphatic carbocycles. The van der Waals surface area contributed by atoms with Gasteiger partial charge in [-0.1, -0.05) is 6.07 Å². The molecule has 0 bridgehead atoms. The predicted octanol–water partition coefficient (Wildman–Crippen LogP) is 2.77. The van der Waals surface area contributed by atoms with Crippen LogP contribution in [0.4, 0.5) is 14.6 Å². The Balaban J connectivity index is 1.72. The zero-order valence-corrected chi connectivity index (χ0v) is 14.7. The molecular formula is C20H14F2N4O2. The molecule has 0 saturated heterocycles. The summed E-state index contributed by atoms with van der Waals surface area (Å²) in [5, 5.41) is 11.5. The quantitative estimate of drug-likeness (QED) is 0.754.